The van der Waals surface area contributed by atoms with Crippen LogP contribution in [0.2, 0.25) is 0 Å². The Bertz CT molecular complexity index is 528. The van der Waals surface area contributed by atoms with Crippen molar-refractivity contribution in [3.8, 4) is 0 Å². The molecule has 1 atom stereocenters. The van der Waals surface area contributed by atoms with E-state index < -0.39 is 15.7 Å². The van der Waals surface area contributed by atoms with Gasteiger partial charge in [0.25, 0.3) is 0 Å². The number of nitrogens with one attached hydrogen (secondary N) is 1. The summed E-state index contributed by atoms with van der Waals surface area (Å²) in [4.78, 5) is 22.8. The topological polar surface area (TPSA) is 72.2 Å². The molecule has 1 unspecified atom stereocenters. The number of nitrogens with two attached hydrogens (primary N) is 1. The highest BCUT2D eigenvalue weighted by Crippen LogP contribution is 2.64. The lowest BCUT2D eigenvalue weighted by Crippen LogP contribution is -2.25. The average Bonchev–Trinajstić information content (AvgIpc) is 2.82. The third kappa shape index (κ3) is 2.85. The maximum atomic E-state index is 12.0. The molecule has 102 valence electrons. The second-order valence-corrected chi connectivity index (χ2v) is 6.49. The number of halogens is 2. The van der Waals surface area contributed by atoms with Crippen molar-refractivity contribution in [3.63, 3.8) is 0 Å². The number of hydrogen-bond acceptors (Lipinski definition) is 2. The number of primary amides is 1. The zero-order valence-corrected chi connectivity index (χ0v) is 11.9. The van der Waals surface area contributed by atoms with Crippen molar-refractivity contribution in [1.29, 1.82) is 0 Å². The van der Waals surface area contributed by atoms with Crippen molar-refractivity contribution in [2.24, 2.45) is 11.1 Å². The van der Waals surface area contributed by atoms with Crippen molar-refractivity contribution in [3.05, 3.63) is 29.8 Å². The summed E-state index contributed by atoms with van der Waals surface area (Å²) in [6.07, 6.45) is 0.618. The summed E-state index contributed by atoms with van der Waals surface area (Å²) in [5.41, 5.74) is 5.79. The van der Waals surface area contributed by atoms with Crippen molar-refractivity contribution >= 4 is 40.7 Å². The second kappa shape index (κ2) is 4.69. The third-order valence-electron chi connectivity index (χ3n) is 3.35. The van der Waals surface area contributed by atoms with Gasteiger partial charge in [0.15, 0.2) is 0 Å². The average molecular weight is 301 g/mol. The van der Waals surface area contributed by atoms with Gasteiger partial charge in [-0.25, -0.2) is 0 Å². The molecule has 19 heavy (non-hydrogen) atoms. The molecule has 0 spiro atoms. The van der Waals surface area contributed by atoms with Gasteiger partial charge in [-0.1, -0.05) is 12.1 Å². The Kier molecular flexibility index (Phi) is 3.49. The molecular formula is C13H14Cl2N2O2. The normalized spacial score (nSPS) is 23.7. The molecule has 0 saturated heterocycles. The summed E-state index contributed by atoms with van der Waals surface area (Å²) in [6, 6.07) is 6.91. The number of rotatable bonds is 4. The maximum absolute atomic E-state index is 12.0. The zero-order chi connectivity index (χ0) is 14.3. The number of carbonyl (C=O) groups is 2. The van der Waals surface area contributed by atoms with Crippen LogP contribution in [0.1, 0.15) is 18.9 Å². The fraction of sp³-hybridized carbons (Fsp3) is 0.385. The van der Waals surface area contributed by atoms with E-state index in [1.54, 1.807) is 31.2 Å². The Morgan fingerprint density at radius 1 is 1.32 bits per heavy atom. The van der Waals surface area contributed by atoms with E-state index in [0.717, 1.165) is 5.56 Å². The molecule has 1 aliphatic carbocycles. The second-order valence-electron chi connectivity index (χ2n) is 5.01. The standard InChI is InChI=1S/C13H14Cl2N2O2/c1-12(7-13(12,14)15)11(19)17-9-4-2-8(3-5-9)6-10(16)18/h2-5H,6-7H2,1H3,(H2,16,18)(H,17,19). The number of carbonyl (C=O) groups excluding carboxylic acids is 2. The molecule has 1 aromatic rings. The summed E-state index contributed by atoms with van der Waals surface area (Å²) < 4.78 is -0.983. The third-order valence-corrected chi connectivity index (χ3v) is 4.45. The van der Waals surface area contributed by atoms with Gasteiger partial charge in [-0.05, 0) is 31.0 Å². The molecule has 1 aliphatic rings. The van der Waals surface area contributed by atoms with Gasteiger partial charge in [0, 0.05) is 5.69 Å². The molecule has 0 bridgehead atoms. The molecule has 1 fully saturated rings. The molecule has 2 rings (SSSR count). The number of amides is 2. The fourth-order valence-corrected chi connectivity index (χ4v) is 2.53. The highest BCUT2D eigenvalue weighted by molar-refractivity contribution is 6.53. The number of alkyl halides is 2. The minimum atomic E-state index is -0.983. The molecular weight excluding hydrogens is 287 g/mol. The van der Waals surface area contributed by atoms with Crippen molar-refractivity contribution in [1.82, 2.24) is 0 Å². The van der Waals surface area contributed by atoms with Gasteiger partial charge in [-0.3, -0.25) is 9.59 Å². The maximum Gasteiger partial charge on any atom is 0.233 e. The molecule has 2 amide bonds. The highest BCUT2D eigenvalue weighted by Gasteiger charge is 2.67. The van der Waals surface area contributed by atoms with Crippen molar-refractivity contribution in [2.45, 2.75) is 24.1 Å². The summed E-state index contributed by atoms with van der Waals surface area (Å²) in [7, 11) is 0. The summed E-state index contributed by atoms with van der Waals surface area (Å²) >= 11 is 11.9. The van der Waals surface area contributed by atoms with E-state index in [1.165, 1.54) is 0 Å². The minimum absolute atomic E-state index is 0.179. The Morgan fingerprint density at radius 3 is 2.26 bits per heavy atom. The number of benzene rings is 1. The molecule has 1 aromatic carbocycles. The predicted octanol–water partition coefficient (Wildman–Crippen LogP) is 2.24. The van der Waals surface area contributed by atoms with Crippen LogP contribution >= 0.6 is 23.2 Å². The Labute approximate surface area is 121 Å². The van der Waals surface area contributed by atoms with Crippen LogP contribution in [0.4, 0.5) is 5.69 Å². The molecule has 0 radical (unpaired) electrons. The van der Waals surface area contributed by atoms with Crippen molar-refractivity contribution < 1.29 is 9.59 Å². The van der Waals surface area contributed by atoms with E-state index in [2.05, 4.69) is 5.32 Å². The molecule has 0 heterocycles. The Balaban J connectivity index is 2.01. The molecule has 6 heteroatoms. The van der Waals surface area contributed by atoms with E-state index in [9.17, 15) is 9.59 Å². The van der Waals surface area contributed by atoms with E-state index in [0.29, 0.717) is 12.1 Å². The predicted molar refractivity (Wildman–Crippen MR) is 75.1 cm³/mol. The van der Waals surface area contributed by atoms with Crippen LogP contribution in [0.5, 0.6) is 0 Å². The van der Waals surface area contributed by atoms with Crippen molar-refractivity contribution in [2.75, 3.05) is 5.32 Å². The number of anilines is 1. The van der Waals surface area contributed by atoms with Crippen LogP contribution in [0, 0.1) is 5.41 Å². The van der Waals surface area contributed by atoms with Gasteiger partial charge >= 0.3 is 0 Å². The van der Waals surface area contributed by atoms with Gasteiger partial charge in [0.2, 0.25) is 11.8 Å². The van der Waals surface area contributed by atoms with Gasteiger partial charge in [-0.2, -0.15) is 0 Å². The van der Waals surface area contributed by atoms with Crippen LogP contribution in [0.25, 0.3) is 0 Å². The Hall–Kier alpha value is -1.26. The first-order valence-corrected chi connectivity index (χ1v) is 6.57. The van der Waals surface area contributed by atoms with Crippen LogP contribution in [0.3, 0.4) is 0 Å². The molecule has 0 aromatic heterocycles. The van der Waals surface area contributed by atoms with Crippen LogP contribution in [-0.2, 0) is 16.0 Å². The SMILES string of the molecule is CC1(C(=O)Nc2ccc(CC(N)=O)cc2)CC1(Cl)Cl. The lowest BCUT2D eigenvalue weighted by Gasteiger charge is -2.12. The molecule has 1 saturated carbocycles. The van der Waals surface area contributed by atoms with Crippen LogP contribution in [-0.4, -0.2) is 16.1 Å². The lowest BCUT2D eigenvalue weighted by atomic mass is 10.1. The Morgan fingerprint density at radius 2 is 1.84 bits per heavy atom. The quantitative estimate of drug-likeness (QED) is 0.837. The first-order chi connectivity index (χ1) is 8.74. The first-order valence-electron chi connectivity index (χ1n) is 5.81. The fourth-order valence-electron chi connectivity index (χ4n) is 1.82. The minimum Gasteiger partial charge on any atom is -0.369 e. The van der Waals surface area contributed by atoms with E-state index in [1.807, 2.05) is 0 Å². The first kappa shape index (κ1) is 14.2. The summed E-state index contributed by atoms with van der Waals surface area (Å²) in [5.74, 6) is -0.600. The van der Waals surface area contributed by atoms with Gasteiger partial charge in [0.1, 0.15) is 4.33 Å². The number of hydrogen-bond donors (Lipinski definition) is 2. The highest BCUT2D eigenvalue weighted by atomic mass is 35.5. The zero-order valence-electron chi connectivity index (χ0n) is 10.4. The smallest absolute Gasteiger partial charge is 0.233 e. The van der Waals surface area contributed by atoms with E-state index in [4.69, 9.17) is 28.9 Å². The van der Waals surface area contributed by atoms with Gasteiger partial charge in [0.05, 0.1) is 11.8 Å². The lowest BCUT2D eigenvalue weighted by molar-refractivity contribution is -0.120. The largest absolute Gasteiger partial charge is 0.369 e. The summed E-state index contributed by atoms with van der Waals surface area (Å²) in [5, 5.41) is 2.76. The monoisotopic (exact) mass is 300 g/mol. The van der Waals surface area contributed by atoms with E-state index >= 15 is 0 Å². The van der Waals surface area contributed by atoms with Crippen LogP contribution < -0.4 is 11.1 Å². The van der Waals surface area contributed by atoms with E-state index in [-0.39, 0.29) is 12.3 Å². The summed E-state index contributed by atoms with van der Waals surface area (Å²) in [6.45, 7) is 1.73. The molecule has 4 nitrogen and oxygen atoms in total. The van der Waals surface area contributed by atoms with Gasteiger partial charge < -0.3 is 11.1 Å². The molecule has 3 N–H and O–H groups in total. The van der Waals surface area contributed by atoms with Crippen LogP contribution in [0.15, 0.2) is 24.3 Å². The van der Waals surface area contributed by atoms with Gasteiger partial charge in [-0.15, -0.1) is 23.2 Å². The molecule has 0 aliphatic heterocycles.